The second-order valence-corrected chi connectivity index (χ2v) is 8.57. The number of thiocarbonyl (C=S) groups is 1. The highest BCUT2D eigenvalue weighted by molar-refractivity contribution is 7.85. The van der Waals surface area contributed by atoms with E-state index in [2.05, 4.69) is 17.2 Å². The van der Waals surface area contributed by atoms with Gasteiger partial charge in [-0.05, 0) is 55.3 Å². The summed E-state index contributed by atoms with van der Waals surface area (Å²) in [4.78, 5) is 16.9. The first-order valence-corrected chi connectivity index (χ1v) is 10.9. The summed E-state index contributed by atoms with van der Waals surface area (Å²) in [5, 5.41) is 2.83. The Morgan fingerprint density at radius 2 is 1.96 bits per heavy atom. The molecule has 0 unspecified atom stereocenters. The van der Waals surface area contributed by atoms with E-state index >= 15 is 0 Å². The molecule has 9 heteroatoms. The molecule has 7 nitrogen and oxygen atoms in total. The molecule has 0 spiro atoms. The molecule has 1 aromatic carbocycles. The first kappa shape index (κ1) is 22.0. The Hall–Kier alpha value is -2.26. The van der Waals surface area contributed by atoms with Gasteiger partial charge in [0.05, 0.1) is 5.69 Å². The van der Waals surface area contributed by atoms with Crippen molar-refractivity contribution in [2.24, 2.45) is 0 Å². The molecule has 0 fully saturated rings. The maximum absolute atomic E-state index is 12.4. The predicted octanol–water partition coefficient (Wildman–Crippen LogP) is 3.30. The van der Waals surface area contributed by atoms with Crippen LogP contribution in [0.3, 0.4) is 0 Å². The number of carbonyl (C=O) groups is 1. The van der Waals surface area contributed by atoms with Gasteiger partial charge in [-0.2, -0.15) is 8.42 Å². The van der Waals surface area contributed by atoms with Crippen LogP contribution in [0.1, 0.15) is 55.6 Å². The van der Waals surface area contributed by atoms with Gasteiger partial charge in [-0.15, -0.1) is 0 Å². The Morgan fingerprint density at radius 3 is 2.61 bits per heavy atom. The first-order valence-electron chi connectivity index (χ1n) is 9.17. The van der Waals surface area contributed by atoms with Gasteiger partial charge in [0.1, 0.15) is 12.1 Å². The van der Waals surface area contributed by atoms with Gasteiger partial charge in [-0.25, -0.2) is 8.96 Å². The molecular weight excluding hydrogens is 398 g/mol. The lowest BCUT2D eigenvalue weighted by atomic mass is 10.2. The van der Waals surface area contributed by atoms with Crippen LogP contribution in [-0.4, -0.2) is 34.7 Å². The van der Waals surface area contributed by atoms with E-state index in [-0.39, 0.29) is 11.7 Å². The minimum absolute atomic E-state index is 0.118. The van der Waals surface area contributed by atoms with Gasteiger partial charge >= 0.3 is 10.3 Å². The number of carbonyl (C=O) groups excluding carboxylic acids is 1. The summed E-state index contributed by atoms with van der Waals surface area (Å²) in [7, 11) is -4.06. The Labute approximate surface area is 171 Å². The lowest BCUT2D eigenvalue weighted by Crippen LogP contribution is -2.24. The highest BCUT2D eigenvalue weighted by Gasteiger charge is 2.17. The van der Waals surface area contributed by atoms with Crippen molar-refractivity contribution >= 4 is 33.3 Å². The van der Waals surface area contributed by atoms with Crippen molar-refractivity contribution in [1.29, 1.82) is 0 Å². The fraction of sp³-hybridized carbons (Fsp3) is 0.421. The molecule has 0 bridgehead atoms. The average Bonchev–Trinajstić information content (AvgIpc) is 3.14. The molecule has 152 valence electrons. The molecular formula is C19H25N3O4S2. The van der Waals surface area contributed by atoms with E-state index in [4.69, 9.17) is 16.4 Å². The predicted molar refractivity (Wildman–Crippen MR) is 112 cm³/mol. The van der Waals surface area contributed by atoms with Gasteiger partial charge in [-0.1, -0.05) is 32.0 Å². The topological polar surface area (TPSA) is 90.3 Å². The van der Waals surface area contributed by atoms with E-state index in [0.29, 0.717) is 30.6 Å². The summed E-state index contributed by atoms with van der Waals surface area (Å²) in [6.45, 7) is 4.55. The Bertz CT molecular complexity index is 906. The van der Waals surface area contributed by atoms with Crippen molar-refractivity contribution in [3.8, 4) is 5.75 Å². The lowest BCUT2D eigenvalue weighted by molar-refractivity contribution is 0.0953. The molecule has 0 atom stereocenters. The van der Waals surface area contributed by atoms with Crippen molar-refractivity contribution < 1.29 is 17.4 Å². The maximum atomic E-state index is 12.4. The number of aromatic nitrogens is 2. The molecule has 0 radical (unpaired) electrons. The molecule has 0 saturated heterocycles. The Kier molecular flexibility index (Phi) is 8.13. The molecule has 2 rings (SSSR count). The second kappa shape index (κ2) is 10.3. The summed E-state index contributed by atoms with van der Waals surface area (Å²) in [6.07, 6.45) is 6.91. The number of hydrogen-bond donors (Lipinski definition) is 1. The summed E-state index contributed by atoms with van der Waals surface area (Å²) >= 11 is 5.02. The van der Waals surface area contributed by atoms with Crippen LogP contribution < -0.4 is 9.50 Å². The summed E-state index contributed by atoms with van der Waals surface area (Å²) in [5.41, 5.74) is 1.06. The van der Waals surface area contributed by atoms with Crippen molar-refractivity contribution in [1.82, 2.24) is 14.3 Å². The lowest BCUT2D eigenvalue weighted by Gasteiger charge is -2.08. The molecule has 2 aromatic rings. The SMILES string of the molecule is CCCCCNC(=O)c1ccc(OS(=O)(=O)n2cnc(CCC(C)=S)c2)cc1. The van der Waals surface area contributed by atoms with Gasteiger partial charge in [-0.3, -0.25) is 4.79 Å². The van der Waals surface area contributed by atoms with Gasteiger partial charge in [0.2, 0.25) is 0 Å². The van der Waals surface area contributed by atoms with Crippen molar-refractivity contribution in [2.75, 3.05) is 6.54 Å². The van der Waals surface area contributed by atoms with Crippen LogP contribution in [-0.2, 0) is 16.7 Å². The van der Waals surface area contributed by atoms with Crippen LogP contribution in [0.25, 0.3) is 0 Å². The highest BCUT2D eigenvalue weighted by Crippen LogP contribution is 2.16. The number of unbranched alkanes of at least 4 members (excludes halogenated alkanes) is 2. The number of aryl methyl sites for hydroxylation is 1. The minimum atomic E-state index is -4.06. The highest BCUT2D eigenvalue weighted by atomic mass is 32.2. The minimum Gasteiger partial charge on any atom is -0.366 e. The van der Waals surface area contributed by atoms with Crippen LogP contribution in [0.5, 0.6) is 5.75 Å². The van der Waals surface area contributed by atoms with E-state index < -0.39 is 10.3 Å². The normalized spacial score (nSPS) is 11.2. The van der Waals surface area contributed by atoms with E-state index in [1.165, 1.54) is 36.8 Å². The van der Waals surface area contributed by atoms with Gasteiger partial charge in [0, 0.05) is 18.3 Å². The third kappa shape index (κ3) is 6.72. The fourth-order valence-electron chi connectivity index (χ4n) is 2.41. The number of benzene rings is 1. The van der Waals surface area contributed by atoms with Crippen molar-refractivity contribution in [3.05, 3.63) is 48.0 Å². The van der Waals surface area contributed by atoms with Crippen molar-refractivity contribution in [3.63, 3.8) is 0 Å². The van der Waals surface area contributed by atoms with Crippen molar-refractivity contribution in [2.45, 2.75) is 46.0 Å². The van der Waals surface area contributed by atoms with E-state index in [1.54, 1.807) is 0 Å². The number of nitrogens with zero attached hydrogens (tertiary/aromatic N) is 2. The van der Waals surface area contributed by atoms with Crippen LogP contribution in [0, 0.1) is 0 Å². The standard InChI is InChI=1S/C19H25N3O4S2/c1-3-4-5-12-20-19(23)16-7-10-18(11-8-16)26-28(24,25)22-13-17(21-14-22)9-6-15(2)27/h7-8,10-11,13-14H,3-6,9,12H2,1-2H3,(H,20,23). The molecule has 0 saturated carbocycles. The first-order chi connectivity index (χ1) is 13.3. The zero-order valence-corrected chi connectivity index (χ0v) is 17.7. The zero-order chi connectivity index (χ0) is 20.6. The van der Waals surface area contributed by atoms with Gasteiger partial charge in [0.25, 0.3) is 5.91 Å². The molecule has 1 amide bonds. The maximum Gasteiger partial charge on any atom is 0.414 e. The number of imidazole rings is 1. The molecule has 0 aliphatic rings. The molecule has 0 aliphatic heterocycles. The molecule has 1 heterocycles. The van der Waals surface area contributed by atoms with Crippen LogP contribution >= 0.6 is 12.2 Å². The van der Waals surface area contributed by atoms with Gasteiger partial charge < -0.3 is 9.50 Å². The third-order valence-electron chi connectivity index (χ3n) is 3.99. The van der Waals surface area contributed by atoms with E-state index in [1.807, 2.05) is 6.92 Å². The van der Waals surface area contributed by atoms with Crippen LogP contribution in [0.15, 0.2) is 36.8 Å². The largest absolute Gasteiger partial charge is 0.414 e. The third-order valence-corrected chi connectivity index (χ3v) is 5.31. The summed E-state index contributed by atoms with van der Waals surface area (Å²) in [6, 6.07) is 5.96. The molecule has 1 aromatic heterocycles. The van der Waals surface area contributed by atoms with E-state index in [9.17, 15) is 13.2 Å². The van der Waals surface area contributed by atoms with Crippen LogP contribution in [0.2, 0.25) is 0 Å². The van der Waals surface area contributed by atoms with E-state index in [0.717, 1.165) is 28.1 Å². The smallest absolute Gasteiger partial charge is 0.366 e. The van der Waals surface area contributed by atoms with Gasteiger partial charge in [0.15, 0.2) is 0 Å². The fourth-order valence-corrected chi connectivity index (χ4v) is 3.36. The second-order valence-electron chi connectivity index (χ2n) is 6.43. The summed E-state index contributed by atoms with van der Waals surface area (Å²) in [5.74, 6) is -0.0777. The Morgan fingerprint density at radius 1 is 1.25 bits per heavy atom. The quantitative estimate of drug-likeness (QED) is 0.441. The average molecular weight is 424 g/mol. The Balaban J connectivity index is 1.97. The number of hydrogen-bond acceptors (Lipinski definition) is 6. The number of amides is 1. The zero-order valence-electron chi connectivity index (χ0n) is 16.1. The van der Waals surface area contributed by atoms with Crippen LogP contribution in [0.4, 0.5) is 0 Å². The number of rotatable bonds is 11. The molecule has 28 heavy (non-hydrogen) atoms. The number of nitrogens with one attached hydrogen (secondary N) is 1. The molecule has 0 aliphatic carbocycles. The monoisotopic (exact) mass is 423 g/mol. The molecule has 1 N–H and O–H groups in total. The summed E-state index contributed by atoms with van der Waals surface area (Å²) < 4.78 is 30.8.